The summed E-state index contributed by atoms with van der Waals surface area (Å²) < 4.78 is 10.4. The lowest BCUT2D eigenvalue weighted by Gasteiger charge is -2.43. The Morgan fingerprint density at radius 1 is 0.708 bits per heavy atom. The molecular formula is C13H25NO10. The first kappa shape index (κ1) is 19.9. The number of rotatable bonds is 5. The second-order valence-electron chi connectivity index (χ2n) is 6.06. The number of hydrogen-bond acceptors (Lipinski definition) is 11. The van der Waals surface area contributed by atoms with Gasteiger partial charge in [-0.1, -0.05) is 0 Å². The van der Waals surface area contributed by atoms with Gasteiger partial charge in [0.15, 0.2) is 6.29 Å². The maximum absolute atomic E-state index is 9.94. The Balaban J connectivity index is 1.96. The third-order valence-electron chi connectivity index (χ3n) is 4.44. The van der Waals surface area contributed by atoms with Crippen molar-refractivity contribution in [2.75, 3.05) is 19.8 Å². The average Bonchev–Trinajstić information content (AvgIpc) is 2.58. The van der Waals surface area contributed by atoms with Crippen molar-refractivity contribution < 1.29 is 50.3 Å². The lowest BCUT2D eigenvalue weighted by Crippen LogP contribution is -2.67. The third kappa shape index (κ3) is 3.86. The second kappa shape index (κ2) is 8.29. The van der Waals surface area contributed by atoms with Crippen LogP contribution in [0.15, 0.2) is 0 Å². The van der Waals surface area contributed by atoms with Gasteiger partial charge in [-0.3, -0.25) is 0 Å². The first-order chi connectivity index (χ1) is 11.3. The predicted octanol–water partition coefficient (Wildman–Crippen LogP) is -5.78. The Morgan fingerprint density at radius 3 is 1.88 bits per heavy atom. The summed E-state index contributed by atoms with van der Waals surface area (Å²) in [5.41, 5.74) is 0. The summed E-state index contributed by atoms with van der Waals surface area (Å²) in [6.45, 7) is -1.39. The van der Waals surface area contributed by atoms with E-state index in [-0.39, 0.29) is 6.61 Å². The number of hydrogen-bond donors (Lipinski definition) is 9. The topological polar surface area (TPSA) is 192 Å². The first-order valence-corrected chi connectivity index (χ1v) is 7.65. The van der Waals surface area contributed by atoms with Crippen LogP contribution in [-0.2, 0) is 9.47 Å². The molecule has 2 fully saturated rings. The number of piperidine rings is 1. The van der Waals surface area contributed by atoms with Crippen molar-refractivity contribution >= 4 is 0 Å². The monoisotopic (exact) mass is 355 g/mol. The zero-order valence-corrected chi connectivity index (χ0v) is 12.8. The van der Waals surface area contributed by atoms with Gasteiger partial charge in [0.2, 0.25) is 0 Å². The summed E-state index contributed by atoms with van der Waals surface area (Å²) in [6, 6.07) is -1.78. The normalized spacial score (nSPS) is 50.0. The molecule has 2 aliphatic rings. The molecule has 0 spiro atoms. The van der Waals surface area contributed by atoms with Gasteiger partial charge in [-0.15, -0.1) is 0 Å². The van der Waals surface area contributed by atoms with Crippen LogP contribution in [0, 0.1) is 0 Å². The summed E-state index contributed by atoms with van der Waals surface area (Å²) >= 11 is 0. The maximum Gasteiger partial charge on any atom is 0.186 e. The van der Waals surface area contributed by atoms with E-state index in [1.807, 2.05) is 0 Å². The Kier molecular flexibility index (Phi) is 6.87. The van der Waals surface area contributed by atoms with Crippen molar-refractivity contribution in [3.63, 3.8) is 0 Å². The highest BCUT2D eigenvalue weighted by molar-refractivity contribution is 4.98. The largest absolute Gasteiger partial charge is 0.395 e. The molecule has 2 rings (SSSR count). The van der Waals surface area contributed by atoms with Gasteiger partial charge < -0.3 is 55.6 Å². The van der Waals surface area contributed by atoms with E-state index in [4.69, 9.17) is 19.7 Å². The molecule has 11 heteroatoms. The van der Waals surface area contributed by atoms with E-state index in [1.165, 1.54) is 0 Å². The van der Waals surface area contributed by atoms with Crippen molar-refractivity contribution in [2.24, 2.45) is 0 Å². The molecule has 0 aliphatic carbocycles. The van der Waals surface area contributed by atoms with Crippen LogP contribution in [0.4, 0.5) is 0 Å². The third-order valence-corrected chi connectivity index (χ3v) is 4.44. The highest BCUT2D eigenvalue weighted by atomic mass is 16.7. The smallest absolute Gasteiger partial charge is 0.186 e. The molecule has 0 unspecified atom stereocenters. The molecule has 9 N–H and O–H groups in total. The summed E-state index contributed by atoms with van der Waals surface area (Å²) in [4.78, 5) is 0. The van der Waals surface area contributed by atoms with Gasteiger partial charge >= 0.3 is 0 Å². The van der Waals surface area contributed by atoms with Crippen molar-refractivity contribution in [3.05, 3.63) is 0 Å². The van der Waals surface area contributed by atoms with Gasteiger partial charge in [-0.05, 0) is 0 Å². The lowest BCUT2D eigenvalue weighted by molar-refractivity contribution is -0.304. The maximum atomic E-state index is 9.94. The van der Waals surface area contributed by atoms with E-state index in [2.05, 4.69) is 5.32 Å². The molecule has 0 aromatic rings. The SMILES string of the molecule is OC[C@H]1N[C@H](CO[C@@H]2O[C@H](CO)[C@@H](O)[C@H](O)[C@H]2O)[C@H](O)[C@H](O)[C@H]1O. The number of nitrogens with one attached hydrogen (secondary N) is 1. The van der Waals surface area contributed by atoms with Gasteiger partial charge in [0.1, 0.15) is 30.5 Å². The Morgan fingerprint density at radius 2 is 1.29 bits per heavy atom. The molecule has 0 aromatic heterocycles. The number of aliphatic hydroxyl groups excluding tert-OH is 8. The first-order valence-electron chi connectivity index (χ1n) is 7.65. The van der Waals surface area contributed by atoms with Crippen LogP contribution in [0.2, 0.25) is 0 Å². The Bertz CT molecular complexity index is 361. The van der Waals surface area contributed by atoms with Crippen LogP contribution >= 0.6 is 0 Å². The van der Waals surface area contributed by atoms with Gasteiger partial charge in [0.05, 0.1) is 44.1 Å². The molecule has 10 atom stereocenters. The second-order valence-corrected chi connectivity index (χ2v) is 6.06. The fraction of sp³-hybridized carbons (Fsp3) is 1.00. The fourth-order valence-corrected chi connectivity index (χ4v) is 2.86. The minimum absolute atomic E-state index is 0.301. The minimum Gasteiger partial charge on any atom is -0.395 e. The Labute approximate surface area is 137 Å². The van der Waals surface area contributed by atoms with Gasteiger partial charge in [-0.2, -0.15) is 0 Å². The predicted molar refractivity (Wildman–Crippen MR) is 75.5 cm³/mol. The molecule has 0 saturated carbocycles. The van der Waals surface area contributed by atoms with E-state index in [9.17, 15) is 30.6 Å². The van der Waals surface area contributed by atoms with Crippen LogP contribution in [0.1, 0.15) is 0 Å². The zero-order chi connectivity index (χ0) is 18.0. The molecule has 0 amide bonds. The van der Waals surface area contributed by atoms with Gasteiger partial charge in [-0.25, -0.2) is 0 Å². The molecule has 2 saturated heterocycles. The fourth-order valence-electron chi connectivity index (χ4n) is 2.86. The van der Waals surface area contributed by atoms with Crippen molar-refractivity contribution in [1.29, 1.82) is 0 Å². The molecule has 24 heavy (non-hydrogen) atoms. The average molecular weight is 355 g/mol. The number of aliphatic hydroxyl groups is 8. The van der Waals surface area contributed by atoms with E-state index in [0.717, 1.165) is 0 Å². The summed E-state index contributed by atoms with van der Waals surface area (Å²) in [7, 11) is 0. The van der Waals surface area contributed by atoms with Crippen molar-refractivity contribution in [3.8, 4) is 0 Å². The number of ether oxygens (including phenoxy) is 2. The highest BCUT2D eigenvalue weighted by Gasteiger charge is 2.46. The van der Waals surface area contributed by atoms with Crippen LogP contribution in [-0.4, -0.2) is 122 Å². The van der Waals surface area contributed by atoms with E-state index >= 15 is 0 Å². The molecule has 142 valence electrons. The quantitative estimate of drug-likeness (QED) is 0.228. The van der Waals surface area contributed by atoms with Crippen LogP contribution in [0.3, 0.4) is 0 Å². The molecule has 2 aliphatic heterocycles. The lowest BCUT2D eigenvalue weighted by atomic mass is 9.91. The van der Waals surface area contributed by atoms with Crippen molar-refractivity contribution in [2.45, 2.75) is 61.1 Å². The zero-order valence-electron chi connectivity index (χ0n) is 12.8. The van der Waals surface area contributed by atoms with Crippen LogP contribution in [0.25, 0.3) is 0 Å². The summed E-state index contributed by atoms with van der Waals surface area (Å²) in [5.74, 6) is 0. The molecule has 0 aromatic carbocycles. The summed E-state index contributed by atoms with van der Waals surface area (Å²) in [5, 5.41) is 79.6. The molecule has 0 bridgehead atoms. The molecule has 11 nitrogen and oxygen atoms in total. The highest BCUT2D eigenvalue weighted by Crippen LogP contribution is 2.23. The van der Waals surface area contributed by atoms with Gasteiger partial charge in [0.25, 0.3) is 0 Å². The minimum atomic E-state index is -1.59. The summed E-state index contributed by atoms with van der Waals surface area (Å²) in [6.07, 6.45) is -11.5. The Hall–Kier alpha value is -0.440. The van der Waals surface area contributed by atoms with Gasteiger partial charge in [0, 0.05) is 0 Å². The van der Waals surface area contributed by atoms with Crippen LogP contribution < -0.4 is 5.32 Å². The van der Waals surface area contributed by atoms with Crippen molar-refractivity contribution in [1.82, 2.24) is 5.32 Å². The molecule has 0 radical (unpaired) electrons. The molecule has 2 heterocycles. The standard InChI is InChI=1S/C13H25NO10/c15-1-4-7(17)10(20)8(18)5(14-4)3-23-13-12(22)11(21)9(19)6(2-16)24-13/h4-22H,1-3H2/t4-,5-,6-,7+,8+,9-,10-,11+,12-,13-/m1/s1. The van der Waals surface area contributed by atoms with E-state index < -0.39 is 74.3 Å². The van der Waals surface area contributed by atoms with E-state index in [1.54, 1.807) is 0 Å². The van der Waals surface area contributed by atoms with Crippen LogP contribution in [0.5, 0.6) is 0 Å². The van der Waals surface area contributed by atoms with E-state index in [0.29, 0.717) is 0 Å². The molecular weight excluding hydrogens is 330 g/mol.